The maximum Gasteiger partial charge on any atom is 0.337 e. The number of carboxylic acids is 1. The average molecular weight is 274 g/mol. The van der Waals surface area contributed by atoms with Crippen molar-refractivity contribution in [1.82, 2.24) is 4.98 Å². The Morgan fingerprint density at radius 3 is 2.84 bits per heavy atom. The van der Waals surface area contributed by atoms with E-state index in [1.165, 1.54) is 0 Å². The molecule has 0 saturated carbocycles. The molecule has 2 aromatic rings. The summed E-state index contributed by atoms with van der Waals surface area (Å²) in [5.41, 5.74) is 4.97. The summed E-state index contributed by atoms with van der Waals surface area (Å²) in [6.07, 6.45) is 1.31. The first-order chi connectivity index (χ1) is 9.10. The number of benzene rings is 1. The Bertz CT molecular complexity index is 695. The lowest BCUT2D eigenvalue weighted by molar-refractivity contribution is 0.0695. The average Bonchev–Trinajstić information content (AvgIpc) is 2.73. The first-order valence-corrected chi connectivity index (χ1v) is 6.53. The van der Waals surface area contributed by atoms with Crippen LogP contribution in [0.25, 0.3) is 11.3 Å². The van der Waals surface area contributed by atoms with Crippen LogP contribution in [-0.2, 0) is 12.8 Å². The van der Waals surface area contributed by atoms with E-state index in [0.29, 0.717) is 29.1 Å². The zero-order valence-corrected chi connectivity index (χ0v) is 11.2. The largest absolute Gasteiger partial charge is 0.478 e. The van der Waals surface area contributed by atoms with Crippen LogP contribution in [0.4, 0.5) is 0 Å². The number of hydrogen-bond acceptors (Lipinski definition) is 2. The molecule has 1 aromatic carbocycles. The molecule has 96 valence electrons. The smallest absolute Gasteiger partial charge is 0.337 e. The molecule has 1 N–H and O–H groups in total. The van der Waals surface area contributed by atoms with E-state index in [1.807, 2.05) is 25.1 Å². The minimum absolute atomic E-state index is 0.306. The van der Waals surface area contributed by atoms with Gasteiger partial charge in [-0.2, -0.15) is 0 Å². The molecule has 1 aromatic heterocycles. The first kappa shape index (κ1) is 12.2. The van der Waals surface area contributed by atoms with Crippen LogP contribution in [-0.4, -0.2) is 16.1 Å². The number of aromatic carboxylic acids is 1. The SMILES string of the molecule is CCc1nc2c(cc1C(=O)O)Cc1cc(Cl)ccc1-2. The van der Waals surface area contributed by atoms with Gasteiger partial charge in [0.15, 0.2) is 0 Å². The minimum Gasteiger partial charge on any atom is -0.478 e. The molecule has 0 amide bonds. The van der Waals surface area contributed by atoms with Crippen molar-refractivity contribution in [2.45, 2.75) is 19.8 Å². The van der Waals surface area contributed by atoms with Crippen molar-refractivity contribution in [3.63, 3.8) is 0 Å². The van der Waals surface area contributed by atoms with Crippen LogP contribution in [0.2, 0.25) is 5.02 Å². The normalized spacial score (nSPS) is 12.1. The lowest BCUT2D eigenvalue weighted by Crippen LogP contribution is -2.06. The molecule has 1 aliphatic rings. The monoisotopic (exact) mass is 273 g/mol. The summed E-state index contributed by atoms with van der Waals surface area (Å²) >= 11 is 5.99. The molecule has 0 saturated heterocycles. The van der Waals surface area contributed by atoms with Crippen LogP contribution in [0.15, 0.2) is 24.3 Å². The highest BCUT2D eigenvalue weighted by molar-refractivity contribution is 6.30. The number of nitrogens with zero attached hydrogens (tertiary/aromatic N) is 1. The van der Waals surface area contributed by atoms with Crippen molar-refractivity contribution >= 4 is 17.6 Å². The Labute approximate surface area is 115 Å². The molecule has 0 unspecified atom stereocenters. The van der Waals surface area contributed by atoms with Crippen LogP contribution in [0.3, 0.4) is 0 Å². The number of aromatic nitrogens is 1. The van der Waals surface area contributed by atoms with Crippen molar-refractivity contribution < 1.29 is 9.90 Å². The topological polar surface area (TPSA) is 50.2 Å². The number of rotatable bonds is 2. The Morgan fingerprint density at radius 1 is 1.37 bits per heavy atom. The van der Waals surface area contributed by atoms with E-state index in [-0.39, 0.29) is 0 Å². The number of fused-ring (bicyclic) bond motifs is 3. The molecule has 0 atom stereocenters. The van der Waals surface area contributed by atoms with Gasteiger partial charge >= 0.3 is 5.97 Å². The summed E-state index contributed by atoms with van der Waals surface area (Å²) in [5, 5.41) is 9.92. The Balaban J connectivity index is 2.21. The fourth-order valence-electron chi connectivity index (χ4n) is 2.56. The number of halogens is 1. The van der Waals surface area contributed by atoms with Crippen molar-refractivity contribution in [3.05, 3.63) is 51.7 Å². The third kappa shape index (κ3) is 1.90. The van der Waals surface area contributed by atoms with Crippen LogP contribution >= 0.6 is 11.6 Å². The van der Waals surface area contributed by atoms with Crippen molar-refractivity contribution in [1.29, 1.82) is 0 Å². The highest BCUT2D eigenvalue weighted by Gasteiger charge is 2.23. The van der Waals surface area contributed by atoms with Crippen molar-refractivity contribution in [2.75, 3.05) is 0 Å². The summed E-state index contributed by atoms with van der Waals surface area (Å²) < 4.78 is 0. The van der Waals surface area contributed by atoms with Gasteiger partial charge in [-0.25, -0.2) is 4.79 Å². The third-order valence-electron chi connectivity index (χ3n) is 3.45. The fourth-order valence-corrected chi connectivity index (χ4v) is 2.75. The van der Waals surface area contributed by atoms with E-state index >= 15 is 0 Å². The zero-order chi connectivity index (χ0) is 13.6. The Hall–Kier alpha value is -1.87. The van der Waals surface area contributed by atoms with Gasteiger partial charge in [0, 0.05) is 17.0 Å². The van der Waals surface area contributed by atoms with Gasteiger partial charge < -0.3 is 5.11 Å². The van der Waals surface area contributed by atoms with Crippen molar-refractivity contribution in [3.8, 4) is 11.3 Å². The first-order valence-electron chi connectivity index (χ1n) is 6.15. The number of hydrogen-bond donors (Lipinski definition) is 1. The van der Waals surface area contributed by atoms with Crippen LogP contribution in [0.1, 0.15) is 34.1 Å². The molecule has 0 fully saturated rings. The lowest BCUT2D eigenvalue weighted by atomic mass is 10.1. The van der Waals surface area contributed by atoms with Crippen molar-refractivity contribution in [2.24, 2.45) is 0 Å². The predicted molar refractivity (Wildman–Crippen MR) is 73.8 cm³/mol. The van der Waals surface area contributed by atoms with E-state index in [9.17, 15) is 9.90 Å². The highest BCUT2D eigenvalue weighted by atomic mass is 35.5. The maximum absolute atomic E-state index is 11.2. The second-order valence-electron chi connectivity index (χ2n) is 4.63. The maximum atomic E-state index is 11.2. The minimum atomic E-state index is -0.916. The van der Waals surface area contributed by atoms with E-state index < -0.39 is 5.97 Å². The molecule has 19 heavy (non-hydrogen) atoms. The molecule has 3 nitrogen and oxygen atoms in total. The summed E-state index contributed by atoms with van der Waals surface area (Å²) in [6.45, 7) is 1.92. The molecule has 0 bridgehead atoms. The van der Waals surface area contributed by atoms with Crippen LogP contribution < -0.4 is 0 Å². The third-order valence-corrected chi connectivity index (χ3v) is 3.68. The van der Waals surface area contributed by atoms with Gasteiger partial charge in [-0.05, 0) is 35.7 Å². The summed E-state index contributed by atoms with van der Waals surface area (Å²) in [4.78, 5) is 15.8. The molecular formula is C15H12ClNO2. The number of pyridine rings is 1. The van der Waals surface area contributed by atoms with Gasteiger partial charge in [0.2, 0.25) is 0 Å². The molecular weight excluding hydrogens is 262 g/mol. The lowest BCUT2D eigenvalue weighted by Gasteiger charge is -2.07. The van der Waals surface area contributed by atoms with Gasteiger partial charge in [-0.1, -0.05) is 24.6 Å². The fraction of sp³-hybridized carbons (Fsp3) is 0.200. The standard InChI is InChI=1S/C15H12ClNO2/c1-2-13-12(15(18)19)7-9-5-8-6-10(16)3-4-11(8)14(9)17-13/h3-4,6-7H,2,5H2,1H3,(H,18,19). The molecule has 1 aliphatic carbocycles. The van der Waals surface area contributed by atoms with E-state index in [2.05, 4.69) is 4.98 Å². The zero-order valence-electron chi connectivity index (χ0n) is 10.4. The molecule has 0 spiro atoms. The molecule has 0 aliphatic heterocycles. The Morgan fingerprint density at radius 2 is 2.16 bits per heavy atom. The summed E-state index contributed by atoms with van der Waals surface area (Å²) in [7, 11) is 0. The second kappa shape index (κ2) is 4.35. The van der Waals surface area contributed by atoms with Gasteiger partial charge in [-0.15, -0.1) is 0 Å². The molecule has 1 heterocycles. The number of aryl methyl sites for hydroxylation is 1. The summed E-state index contributed by atoms with van der Waals surface area (Å²) in [6, 6.07) is 7.46. The van der Waals surface area contributed by atoms with Crippen LogP contribution in [0, 0.1) is 0 Å². The highest BCUT2D eigenvalue weighted by Crippen LogP contribution is 2.37. The number of carboxylic acid groups (broad SMARTS) is 1. The van der Waals surface area contributed by atoms with E-state index in [1.54, 1.807) is 6.07 Å². The predicted octanol–water partition coefficient (Wildman–Crippen LogP) is 3.57. The molecule has 0 radical (unpaired) electrons. The Kier molecular flexibility index (Phi) is 2.79. The van der Waals surface area contributed by atoms with Crippen LogP contribution in [0.5, 0.6) is 0 Å². The molecule has 4 heteroatoms. The molecule has 3 rings (SSSR count). The number of carbonyl (C=O) groups is 1. The second-order valence-corrected chi connectivity index (χ2v) is 5.06. The van der Waals surface area contributed by atoms with Gasteiger partial charge in [-0.3, -0.25) is 4.98 Å². The van der Waals surface area contributed by atoms with Gasteiger partial charge in [0.05, 0.1) is 17.0 Å². The van der Waals surface area contributed by atoms with Gasteiger partial charge in [0.1, 0.15) is 0 Å². The quantitative estimate of drug-likeness (QED) is 0.777. The van der Waals surface area contributed by atoms with Gasteiger partial charge in [0.25, 0.3) is 0 Å². The van der Waals surface area contributed by atoms with E-state index in [0.717, 1.165) is 22.4 Å². The van der Waals surface area contributed by atoms with E-state index in [4.69, 9.17) is 11.6 Å². The summed E-state index contributed by atoms with van der Waals surface area (Å²) in [5.74, 6) is -0.916.